The van der Waals surface area contributed by atoms with Gasteiger partial charge in [-0.1, -0.05) is 19.8 Å². The van der Waals surface area contributed by atoms with Gasteiger partial charge in [-0.05, 0) is 6.42 Å². The standard InChI is InChI=1S/C9H27N6O3P/c1-2-3-4-5-17-19(16,9(15)7(12)13)18-8(14)6(10)11/h6-9H,2-5,10-15H2,1H3. The second-order valence-corrected chi connectivity index (χ2v) is 6.44. The first-order valence-corrected chi connectivity index (χ1v) is 7.82. The van der Waals surface area contributed by atoms with E-state index in [0.717, 1.165) is 12.8 Å². The van der Waals surface area contributed by atoms with Crippen LogP contribution in [0.2, 0.25) is 0 Å². The summed E-state index contributed by atoms with van der Waals surface area (Å²) < 4.78 is 22.8. The van der Waals surface area contributed by atoms with Crippen LogP contribution >= 0.6 is 7.60 Å². The zero-order valence-electron chi connectivity index (χ0n) is 11.3. The molecule has 12 N–H and O–H groups in total. The van der Waals surface area contributed by atoms with E-state index in [1.807, 2.05) is 6.92 Å². The molecule has 0 amide bonds. The smallest absolute Gasteiger partial charge is 0.315 e. The predicted molar refractivity (Wildman–Crippen MR) is 74.4 cm³/mol. The Bertz CT molecular complexity index is 291. The van der Waals surface area contributed by atoms with Crippen molar-refractivity contribution in [3.05, 3.63) is 0 Å². The summed E-state index contributed by atoms with van der Waals surface area (Å²) in [5.74, 6) is -1.20. The highest BCUT2D eigenvalue weighted by Crippen LogP contribution is 2.52. The van der Waals surface area contributed by atoms with Crippen LogP contribution in [0.1, 0.15) is 26.2 Å². The summed E-state index contributed by atoms with van der Waals surface area (Å²) in [7, 11) is -3.77. The summed E-state index contributed by atoms with van der Waals surface area (Å²) >= 11 is 0. The SMILES string of the molecule is CCCCCOP(=O)(OC(N)C(N)N)C(N)C(N)N. The normalized spacial score (nSPS) is 18.6. The van der Waals surface area contributed by atoms with Gasteiger partial charge in [0.2, 0.25) is 0 Å². The molecule has 0 aromatic carbocycles. The summed E-state index contributed by atoms with van der Waals surface area (Å²) in [5.41, 5.74) is 32.7. The Kier molecular flexibility index (Phi) is 8.92. The molecule has 3 unspecified atom stereocenters. The van der Waals surface area contributed by atoms with Gasteiger partial charge in [-0.2, -0.15) is 0 Å². The molecule has 0 aliphatic rings. The fraction of sp³-hybridized carbons (Fsp3) is 1.00. The minimum atomic E-state index is -3.77. The minimum Gasteiger partial charge on any atom is -0.315 e. The van der Waals surface area contributed by atoms with E-state index >= 15 is 0 Å². The Hall–Kier alpha value is -0.0900. The lowest BCUT2D eigenvalue weighted by atomic mass is 10.3. The molecule has 9 nitrogen and oxygen atoms in total. The Morgan fingerprint density at radius 1 is 1.00 bits per heavy atom. The van der Waals surface area contributed by atoms with Crippen LogP contribution in [0, 0.1) is 0 Å². The molecule has 0 aliphatic carbocycles. The van der Waals surface area contributed by atoms with Crippen molar-refractivity contribution in [2.45, 2.75) is 50.5 Å². The monoisotopic (exact) mass is 298 g/mol. The lowest BCUT2D eigenvalue weighted by molar-refractivity contribution is 0.125. The van der Waals surface area contributed by atoms with Gasteiger partial charge in [-0.25, -0.2) is 0 Å². The maximum atomic E-state index is 12.5. The van der Waals surface area contributed by atoms with Gasteiger partial charge in [0.05, 0.1) is 18.9 Å². The van der Waals surface area contributed by atoms with E-state index in [1.165, 1.54) is 0 Å². The molecule has 0 saturated carbocycles. The van der Waals surface area contributed by atoms with Gasteiger partial charge < -0.3 is 38.9 Å². The molecule has 0 heterocycles. The van der Waals surface area contributed by atoms with Crippen molar-refractivity contribution in [2.24, 2.45) is 34.4 Å². The van der Waals surface area contributed by atoms with Crippen molar-refractivity contribution in [2.75, 3.05) is 6.61 Å². The fourth-order valence-corrected chi connectivity index (χ4v) is 2.84. The van der Waals surface area contributed by atoms with Gasteiger partial charge in [0.15, 0.2) is 0 Å². The van der Waals surface area contributed by atoms with E-state index in [-0.39, 0.29) is 6.61 Å². The zero-order chi connectivity index (χ0) is 15.1. The van der Waals surface area contributed by atoms with Crippen molar-refractivity contribution in [1.82, 2.24) is 0 Å². The average molecular weight is 298 g/mol. The van der Waals surface area contributed by atoms with Gasteiger partial charge in [-0.3, -0.25) is 9.09 Å². The number of hydrogen-bond donors (Lipinski definition) is 6. The minimum absolute atomic E-state index is 0.206. The maximum Gasteiger partial charge on any atom is 0.351 e. The van der Waals surface area contributed by atoms with Crippen LogP contribution in [0.3, 0.4) is 0 Å². The Balaban J connectivity index is 4.67. The average Bonchev–Trinajstić information content (AvgIpc) is 2.33. The highest BCUT2D eigenvalue weighted by molar-refractivity contribution is 7.54. The van der Waals surface area contributed by atoms with Crippen LogP contribution in [0.25, 0.3) is 0 Å². The van der Waals surface area contributed by atoms with Gasteiger partial charge >= 0.3 is 7.60 Å². The first kappa shape index (κ1) is 18.9. The van der Waals surface area contributed by atoms with E-state index in [2.05, 4.69) is 0 Å². The Labute approximate surface area is 113 Å². The molecule has 116 valence electrons. The molecular formula is C9H27N6O3P. The highest BCUT2D eigenvalue weighted by Gasteiger charge is 2.38. The first-order valence-electron chi connectivity index (χ1n) is 6.20. The summed E-state index contributed by atoms with van der Waals surface area (Å²) in [5, 5.41) is 0. The van der Waals surface area contributed by atoms with E-state index in [9.17, 15) is 4.57 Å². The second-order valence-electron chi connectivity index (χ2n) is 4.30. The third-order valence-corrected chi connectivity index (χ3v) is 4.58. The van der Waals surface area contributed by atoms with Crippen LogP contribution in [-0.2, 0) is 13.6 Å². The molecule has 0 aliphatic heterocycles. The van der Waals surface area contributed by atoms with Crippen molar-refractivity contribution < 1.29 is 13.6 Å². The molecular weight excluding hydrogens is 271 g/mol. The van der Waals surface area contributed by atoms with Crippen molar-refractivity contribution >= 4 is 7.60 Å². The van der Waals surface area contributed by atoms with Gasteiger partial charge in [0, 0.05) is 0 Å². The Morgan fingerprint density at radius 2 is 1.58 bits per heavy atom. The van der Waals surface area contributed by atoms with Gasteiger partial charge in [0.1, 0.15) is 12.0 Å². The van der Waals surface area contributed by atoms with Crippen LogP contribution in [0.4, 0.5) is 0 Å². The van der Waals surface area contributed by atoms with Crippen molar-refractivity contribution in [1.29, 1.82) is 0 Å². The zero-order valence-corrected chi connectivity index (χ0v) is 12.2. The molecule has 0 bridgehead atoms. The molecule has 19 heavy (non-hydrogen) atoms. The van der Waals surface area contributed by atoms with E-state index in [0.29, 0.717) is 6.42 Å². The molecule has 0 radical (unpaired) electrons. The van der Waals surface area contributed by atoms with Crippen LogP contribution in [0.5, 0.6) is 0 Å². The van der Waals surface area contributed by atoms with E-state index < -0.39 is 31.9 Å². The molecule has 10 heteroatoms. The van der Waals surface area contributed by atoms with Gasteiger partial charge in [-0.15, -0.1) is 0 Å². The predicted octanol–water partition coefficient (Wildman–Crippen LogP) is -1.54. The quantitative estimate of drug-likeness (QED) is 0.157. The molecule has 0 rings (SSSR count). The summed E-state index contributed by atoms with van der Waals surface area (Å²) in [6, 6.07) is 0. The van der Waals surface area contributed by atoms with Gasteiger partial charge in [0.25, 0.3) is 0 Å². The van der Waals surface area contributed by atoms with Crippen LogP contribution < -0.4 is 34.4 Å². The second kappa shape index (κ2) is 8.96. The lowest BCUT2D eigenvalue weighted by Gasteiger charge is -2.29. The number of nitrogens with two attached hydrogens (primary N) is 6. The number of hydrogen-bond acceptors (Lipinski definition) is 9. The summed E-state index contributed by atoms with van der Waals surface area (Å²) in [4.78, 5) is 0. The van der Waals surface area contributed by atoms with Crippen LogP contribution in [-0.4, -0.2) is 30.9 Å². The fourth-order valence-electron chi connectivity index (χ4n) is 1.18. The Morgan fingerprint density at radius 3 is 2.00 bits per heavy atom. The number of rotatable bonds is 10. The molecule has 0 aromatic heterocycles. The largest absolute Gasteiger partial charge is 0.351 e. The third kappa shape index (κ3) is 6.75. The topological polar surface area (TPSA) is 192 Å². The lowest BCUT2D eigenvalue weighted by Crippen LogP contribution is -2.52. The van der Waals surface area contributed by atoms with Crippen LogP contribution in [0.15, 0.2) is 0 Å². The molecule has 0 aromatic rings. The highest BCUT2D eigenvalue weighted by atomic mass is 31.2. The van der Waals surface area contributed by atoms with Crippen molar-refractivity contribution in [3.8, 4) is 0 Å². The molecule has 0 spiro atoms. The van der Waals surface area contributed by atoms with E-state index in [4.69, 9.17) is 43.4 Å². The molecule has 0 fully saturated rings. The molecule has 0 saturated heterocycles. The maximum absolute atomic E-state index is 12.5. The van der Waals surface area contributed by atoms with E-state index in [1.54, 1.807) is 0 Å². The molecule has 3 atom stereocenters. The third-order valence-electron chi connectivity index (χ3n) is 2.43. The summed E-state index contributed by atoms with van der Waals surface area (Å²) in [6.45, 7) is 2.24. The summed E-state index contributed by atoms with van der Waals surface area (Å²) in [6.07, 6.45) is -0.648. The number of unbranched alkanes of at least 4 members (excludes halogenated alkanes) is 2. The van der Waals surface area contributed by atoms with Crippen molar-refractivity contribution in [3.63, 3.8) is 0 Å². The first-order chi connectivity index (χ1) is 8.74.